The van der Waals surface area contributed by atoms with Gasteiger partial charge in [-0.05, 0) is 83.0 Å². The molecule has 2 aromatic rings. The van der Waals surface area contributed by atoms with Gasteiger partial charge in [0.15, 0.2) is 5.54 Å². The molecule has 1 aliphatic heterocycles. The summed E-state index contributed by atoms with van der Waals surface area (Å²) < 4.78 is 5.24. The predicted molar refractivity (Wildman–Crippen MR) is 152 cm³/mol. The van der Waals surface area contributed by atoms with Crippen LogP contribution in [0.4, 0.5) is 0 Å². The first-order chi connectivity index (χ1) is 17.8. The minimum atomic E-state index is -0.865. The van der Waals surface area contributed by atoms with E-state index in [9.17, 15) is 4.79 Å². The van der Waals surface area contributed by atoms with Gasteiger partial charge in [0, 0.05) is 6.04 Å². The Balaban J connectivity index is 1.41. The molecule has 2 aromatic carbocycles. The maximum Gasteiger partial charge on any atom is 0.335 e. The summed E-state index contributed by atoms with van der Waals surface area (Å²) in [5.41, 5.74) is 1.80. The number of rotatable bonds is 10. The molecule has 4 rings (SSSR count). The Kier molecular flexibility index (Phi) is 9.07. The highest BCUT2D eigenvalue weighted by molar-refractivity contribution is 5.86. The summed E-state index contributed by atoms with van der Waals surface area (Å²) in [5.74, 6) is 1.08. The fraction of sp³-hybridized carbons (Fsp3) is 0.562. The summed E-state index contributed by atoms with van der Waals surface area (Å²) in [7, 11) is 5.95. The summed E-state index contributed by atoms with van der Waals surface area (Å²) in [6.45, 7) is 4.16. The van der Waals surface area contributed by atoms with E-state index in [-0.39, 0.29) is 18.1 Å². The van der Waals surface area contributed by atoms with Crippen molar-refractivity contribution >= 4 is 12.3 Å². The summed E-state index contributed by atoms with van der Waals surface area (Å²) in [6.07, 6.45) is 10.1. The van der Waals surface area contributed by atoms with Crippen LogP contribution < -0.4 is 0 Å². The number of nitrogens with zero attached hydrogens (tertiary/aromatic N) is 3. The van der Waals surface area contributed by atoms with Crippen LogP contribution in [-0.4, -0.2) is 60.9 Å². The smallest absolute Gasteiger partial charge is 0.335 e. The van der Waals surface area contributed by atoms with Crippen LogP contribution in [0.5, 0.6) is 0 Å². The molecule has 0 amide bonds. The van der Waals surface area contributed by atoms with E-state index in [2.05, 4.69) is 85.4 Å². The summed E-state index contributed by atoms with van der Waals surface area (Å²) >= 11 is 0. The highest BCUT2D eigenvalue weighted by atomic mass is 16.5. The van der Waals surface area contributed by atoms with E-state index < -0.39 is 5.54 Å². The molecule has 200 valence electrons. The van der Waals surface area contributed by atoms with E-state index in [0.29, 0.717) is 12.0 Å². The van der Waals surface area contributed by atoms with Crippen LogP contribution in [0, 0.1) is 11.8 Å². The van der Waals surface area contributed by atoms with Gasteiger partial charge in [0.2, 0.25) is 0 Å². The first kappa shape index (κ1) is 27.4. The third-order valence-corrected chi connectivity index (χ3v) is 9.02. The summed E-state index contributed by atoms with van der Waals surface area (Å²) in [5, 5.41) is 0. The van der Waals surface area contributed by atoms with E-state index in [1.54, 1.807) is 0 Å². The lowest BCUT2D eigenvalue weighted by Gasteiger charge is -2.41. The summed E-state index contributed by atoms with van der Waals surface area (Å²) in [4.78, 5) is 22.4. The molecule has 0 N–H and O–H groups in total. The molecule has 5 nitrogen and oxygen atoms in total. The van der Waals surface area contributed by atoms with Crippen LogP contribution in [0.3, 0.4) is 0 Å². The van der Waals surface area contributed by atoms with Crippen molar-refractivity contribution in [1.82, 2.24) is 9.80 Å². The minimum Gasteiger partial charge on any atom is -0.467 e. The SMILES string of the molecule is COC(=O)C1(C)N=CN(C(C)c2ccccc2)C1CC1CCC(C(CCc2ccccc2)N(C)C)CC1. The zero-order chi connectivity index (χ0) is 26.4. The van der Waals surface area contributed by atoms with E-state index >= 15 is 0 Å². The summed E-state index contributed by atoms with van der Waals surface area (Å²) in [6, 6.07) is 22.1. The molecule has 1 saturated carbocycles. The van der Waals surface area contributed by atoms with Gasteiger partial charge in [-0.1, -0.05) is 73.5 Å². The van der Waals surface area contributed by atoms with Crippen LogP contribution in [0.1, 0.15) is 69.5 Å². The second kappa shape index (κ2) is 12.3. The third-order valence-electron chi connectivity index (χ3n) is 9.02. The molecule has 0 aromatic heterocycles. The molecule has 0 radical (unpaired) electrons. The number of methoxy groups -OCH3 is 1. The molecule has 37 heavy (non-hydrogen) atoms. The van der Waals surface area contributed by atoms with Crippen molar-refractivity contribution in [3.05, 3.63) is 71.8 Å². The lowest BCUT2D eigenvalue weighted by molar-refractivity contribution is -0.148. The average Bonchev–Trinajstić information content (AvgIpc) is 3.26. The van der Waals surface area contributed by atoms with Gasteiger partial charge in [-0.15, -0.1) is 0 Å². The Bertz CT molecular complexity index is 1020. The first-order valence-electron chi connectivity index (χ1n) is 14.0. The highest BCUT2D eigenvalue weighted by Crippen LogP contribution is 2.41. The highest BCUT2D eigenvalue weighted by Gasteiger charge is 2.50. The molecular formula is C32H45N3O2. The minimum absolute atomic E-state index is 0.000526. The van der Waals surface area contributed by atoms with Gasteiger partial charge in [0.1, 0.15) is 0 Å². The van der Waals surface area contributed by atoms with Crippen molar-refractivity contribution in [2.24, 2.45) is 16.8 Å². The van der Waals surface area contributed by atoms with E-state index in [1.165, 1.54) is 50.3 Å². The molecule has 4 unspecified atom stereocenters. The largest absolute Gasteiger partial charge is 0.467 e. The number of hydrogen-bond acceptors (Lipinski definition) is 5. The Morgan fingerprint density at radius 2 is 1.68 bits per heavy atom. The third kappa shape index (κ3) is 6.26. The van der Waals surface area contributed by atoms with Crippen molar-refractivity contribution in [3.8, 4) is 0 Å². The predicted octanol–water partition coefficient (Wildman–Crippen LogP) is 6.15. The lowest BCUT2D eigenvalue weighted by atomic mass is 9.73. The first-order valence-corrected chi connectivity index (χ1v) is 14.0. The van der Waals surface area contributed by atoms with Gasteiger partial charge in [0.05, 0.1) is 25.5 Å². The normalized spacial score (nSPS) is 27.3. The maximum atomic E-state index is 12.9. The molecule has 1 heterocycles. The Labute approximate surface area is 223 Å². The topological polar surface area (TPSA) is 45.1 Å². The van der Waals surface area contributed by atoms with E-state index in [1.807, 2.05) is 19.3 Å². The molecule has 2 aliphatic rings. The lowest BCUT2D eigenvalue weighted by Crippen LogP contribution is -2.51. The molecule has 4 atom stereocenters. The van der Waals surface area contributed by atoms with Crippen molar-refractivity contribution in [2.75, 3.05) is 21.2 Å². The fourth-order valence-electron chi connectivity index (χ4n) is 6.66. The second-order valence-electron chi connectivity index (χ2n) is 11.5. The number of carbonyl (C=O) groups excluding carboxylic acids is 1. The van der Waals surface area contributed by atoms with Crippen molar-refractivity contribution < 1.29 is 9.53 Å². The molecule has 5 heteroatoms. The van der Waals surface area contributed by atoms with Crippen molar-refractivity contribution in [2.45, 2.75) is 82.5 Å². The van der Waals surface area contributed by atoms with Crippen molar-refractivity contribution in [1.29, 1.82) is 0 Å². The standard InChI is InChI=1S/C32H45N3O2/c1-24(27-14-10-7-11-15-27)35-23-33-32(2,31(36)37-5)30(35)22-26-16-19-28(20-17-26)29(34(3)4)21-18-25-12-8-6-9-13-25/h6-15,23-24,26,28-30H,16-22H2,1-5H3. The molecule has 0 spiro atoms. The zero-order valence-electron chi connectivity index (χ0n) is 23.3. The van der Waals surface area contributed by atoms with Crippen LogP contribution in [0.15, 0.2) is 65.7 Å². The molecular weight excluding hydrogens is 458 g/mol. The Morgan fingerprint density at radius 3 is 2.27 bits per heavy atom. The van der Waals surface area contributed by atoms with Crippen LogP contribution in [-0.2, 0) is 16.0 Å². The Morgan fingerprint density at radius 1 is 1.05 bits per heavy atom. The van der Waals surface area contributed by atoms with Crippen molar-refractivity contribution in [3.63, 3.8) is 0 Å². The zero-order valence-corrected chi connectivity index (χ0v) is 23.3. The molecule has 1 aliphatic carbocycles. The van der Waals surface area contributed by atoms with Crippen LogP contribution in [0.25, 0.3) is 0 Å². The van der Waals surface area contributed by atoms with Gasteiger partial charge in [-0.25, -0.2) is 4.79 Å². The fourth-order valence-corrected chi connectivity index (χ4v) is 6.66. The number of esters is 1. The quantitative estimate of drug-likeness (QED) is 0.365. The average molecular weight is 504 g/mol. The molecule has 0 bridgehead atoms. The van der Waals surface area contributed by atoms with Gasteiger partial charge in [-0.2, -0.15) is 0 Å². The number of carbonyl (C=O) groups is 1. The van der Waals surface area contributed by atoms with Crippen LogP contribution in [0.2, 0.25) is 0 Å². The number of aliphatic imine (C=N–C) groups is 1. The number of aryl methyl sites for hydroxylation is 1. The van der Waals surface area contributed by atoms with Gasteiger partial charge in [0.25, 0.3) is 0 Å². The van der Waals surface area contributed by atoms with Crippen LogP contribution >= 0.6 is 0 Å². The van der Waals surface area contributed by atoms with E-state index in [0.717, 1.165) is 18.8 Å². The number of hydrogen-bond donors (Lipinski definition) is 0. The molecule has 0 saturated heterocycles. The maximum absolute atomic E-state index is 12.9. The van der Waals surface area contributed by atoms with E-state index in [4.69, 9.17) is 9.73 Å². The second-order valence-corrected chi connectivity index (χ2v) is 11.5. The number of ether oxygens (including phenoxy) is 1. The Hall–Kier alpha value is -2.66. The van der Waals surface area contributed by atoms with Gasteiger partial charge < -0.3 is 14.5 Å². The molecule has 1 fully saturated rings. The van der Waals surface area contributed by atoms with Gasteiger partial charge >= 0.3 is 5.97 Å². The van der Waals surface area contributed by atoms with Gasteiger partial charge in [-0.3, -0.25) is 4.99 Å². The monoisotopic (exact) mass is 503 g/mol. The number of benzene rings is 2.